The Balaban J connectivity index is 1.30. The number of ether oxygens (including phenoxy) is 1. The van der Waals surface area contributed by atoms with Crippen LogP contribution in [0.3, 0.4) is 0 Å². The molecule has 1 N–H and O–H groups in total. The van der Waals surface area contributed by atoms with E-state index in [1.165, 1.54) is 16.7 Å². The van der Waals surface area contributed by atoms with Gasteiger partial charge in [-0.1, -0.05) is 12.1 Å². The Labute approximate surface area is 204 Å². The summed E-state index contributed by atoms with van der Waals surface area (Å²) in [5.41, 5.74) is 1.43. The number of rotatable bonds is 8. The summed E-state index contributed by atoms with van der Waals surface area (Å²) in [5, 5.41) is 2.49. The summed E-state index contributed by atoms with van der Waals surface area (Å²) < 4.78 is 31.5. The minimum atomic E-state index is -3.24. The van der Waals surface area contributed by atoms with Crippen molar-refractivity contribution < 1.29 is 22.7 Å². The van der Waals surface area contributed by atoms with E-state index < -0.39 is 26.1 Å². The van der Waals surface area contributed by atoms with E-state index in [9.17, 15) is 22.8 Å². The van der Waals surface area contributed by atoms with Crippen LogP contribution in [0, 0.1) is 6.92 Å². The van der Waals surface area contributed by atoms with Crippen molar-refractivity contribution in [1.29, 1.82) is 0 Å². The molecule has 1 aromatic carbocycles. The average molecular weight is 500 g/mol. The van der Waals surface area contributed by atoms with Crippen molar-refractivity contribution in [3.8, 4) is 5.75 Å². The lowest BCUT2D eigenvalue weighted by molar-refractivity contribution is 0.0695. The fourth-order valence-electron chi connectivity index (χ4n) is 4.80. The van der Waals surface area contributed by atoms with E-state index in [-0.39, 0.29) is 48.6 Å². The SMILES string of the molecule is COc1cc(CNC(=O)c2ccc3n(c2=O)CCN(CC2(S(=O)(=O)C4CC4)CC2)C3=O)ccc1C. The molecule has 0 radical (unpaired) electrons. The van der Waals surface area contributed by atoms with E-state index in [1.54, 1.807) is 12.0 Å². The normalized spacial score (nSPS) is 18.7. The highest BCUT2D eigenvalue weighted by molar-refractivity contribution is 7.94. The lowest BCUT2D eigenvalue weighted by atomic mass is 10.1. The first-order valence-corrected chi connectivity index (χ1v) is 13.4. The predicted octanol–water partition coefficient (Wildman–Crippen LogP) is 1.66. The van der Waals surface area contributed by atoms with E-state index in [0.717, 1.165) is 11.1 Å². The van der Waals surface area contributed by atoms with Crippen molar-refractivity contribution in [3.05, 3.63) is 63.1 Å². The molecule has 0 atom stereocenters. The van der Waals surface area contributed by atoms with Gasteiger partial charge in [-0.15, -0.1) is 0 Å². The molecule has 9 nitrogen and oxygen atoms in total. The van der Waals surface area contributed by atoms with Crippen molar-refractivity contribution in [2.75, 3.05) is 20.2 Å². The maximum atomic E-state index is 13.1. The zero-order valence-electron chi connectivity index (χ0n) is 19.9. The highest BCUT2D eigenvalue weighted by atomic mass is 32.2. The van der Waals surface area contributed by atoms with Crippen molar-refractivity contribution in [2.24, 2.45) is 0 Å². The highest BCUT2D eigenvalue weighted by Gasteiger charge is 2.60. The third kappa shape index (κ3) is 4.13. The van der Waals surface area contributed by atoms with Gasteiger partial charge in [-0.3, -0.25) is 14.4 Å². The van der Waals surface area contributed by atoms with E-state index in [0.29, 0.717) is 31.4 Å². The molecule has 10 heteroatoms. The summed E-state index contributed by atoms with van der Waals surface area (Å²) in [7, 11) is -1.66. The number of hydrogen-bond donors (Lipinski definition) is 1. The van der Waals surface area contributed by atoms with E-state index in [1.807, 2.05) is 25.1 Å². The third-order valence-electron chi connectivity index (χ3n) is 7.30. The predicted molar refractivity (Wildman–Crippen MR) is 129 cm³/mol. The number of sulfone groups is 1. The topological polar surface area (TPSA) is 115 Å². The molecule has 1 aromatic heterocycles. The lowest BCUT2D eigenvalue weighted by Crippen LogP contribution is -2.50. The first kappa shape index (κ1) is 23.6. The minimum absolute atomic E-state index is 0.0379. The van der Waals surface area contributed by atoms with Gasteiger partial charge in [0.2, 0.25) is 0 Å². The third-order valence-corrected chi connectivity index (χ3v) is 10.4. The number of carbonyl (C=O) groups excluding carboxylic acids is 2. The first-order valence-electron chi connectivity index (χ1n) is 11.9. The Morgan fingerprint density at radius 3 is 2.54 bits per heavy atom. The van der Waals surface area contributed by atoms with Crippen LogP contribution < -0.4 is 15.6 Å². The summed E-state index contributed by atoms with van der Waals surface area (Å²) >= 11 is 0. The van der Waals surface area contributed by atoms with Crippen LogP contribution in [0.15, 0.2) is 35.1 Å². The molecule has 2 fully saturated rings. The molecule has 1 aliphatic heterocycles. The molecule has 3 aliphatic rings. The van der Waals surface area contributed by atoms with Gasteiger partial charge in [0.05, 0.1) is 17.1 Å². The van der Waals surface area contributed by atoms with Crippen LogP contribution in [0.25, 0.3) is 0 Å². The van der Waals surface area contributed by atoms with Gasteiger partial charge in [0.1, 0.15) is 17.0 Å². The van der Waals surface area contributed by atoms with Gasteiger partial charge in [0.25, 0.3) is 17.4 Å². The fourth-order valence-corrected chi connectivity index (χ4v) is 7.27. The molecule has 0 unspecified atom stereocenters. The number of benzene rings is 1. The van der Waals surface area contributed by atoms with Gasteiger partial charge >= 0.3 is 0 Å². The van der Waals surface area contributed by atoms with Crippen LogP contribution in [0.1, 0.15) is 57.7 Å². The standard InChI is InChI=1S/C25H29N3O6S/c1-16-3-4-17(13-21(16)34-2)14-26-22(29)19-7-8-20-24(31)27(11-12-28(20)23(19)30)15-25(9-10-25)35(32,33)18-5-6-18/h3-4,7-8,13,18H,5-6,9-12,14-15H2,1-2H3,(H,26,29). The highest BCUT2D eigenvalue weighted by Crippen LogP contribution is 2.50. The van der Waals surface area contributed by atoms with Gasteiger partial charge in [-0.05, 0) is 61.9 Å². The van der Waals surface area contributed by atoms with Crippen LogP contribution in [-0.4, -0.2) is 59.9 Å². The number of carbonyl (C=O) groups is 2. The van der Waals surface area contributed by atoms with Crippen LogP contribution in [0.5, 0.6) is 5.75 Å². The number of nitrogens with zero attached hydrogens (tertiary/aromatic N) is 2. The minimum Gasteiger partial charge on any atom is -0.496 e. The van der Waals surface area contributed by atoms with Crippen LogP contribution >= 0.6 is 0 Å². The fraction of sp³-hybridized carbons (Fsp3) is 0.480. The molecule has 35 heavy (non-hydrogen) atoms. The second-order valence-corrected chi connectivity index (χ2v) is 12.4. The Bertz CT molecular complexity index is 1370. The van der Waals surface area contributed by atoms with Crippen molar-refractivity contribution >= 4 is 21.7 Å². The van der Waals surface area contributed by atoms with Gasteiger partial charge in [0, 0.05) is 26.2 Å². The Kier molecular flexibility index (Phi) is 5.74. The molecule has 186 valence electrons. The van der Waals surface area contributed by atoms with Crippen molar-refractivity contribution in [1.82, 2.24) is 14.8 Å². The second-order valence-electron chi connectivity index (χ2n) is 9.73. The molecular formula is C25H29N3O6S. The Hall–Kier alpha value is -3.14. The van der Waals surface area contributed by atoms with Gasteiger partial charge in [-0.25, -0.2) is 8.42 Å². The van der Waals surface area contributed by atoms with E-state index in [2.05, 4.69) is 5.32 Å². The van der Waals surface area contributed by atoms with Gasteiger partial charge < -0.3 is 19.5 Å². The molecule has 2 amide bonds. The monoisotopic (exact) mass is 499 g/mol. The molecule has 0 bridgehead atoms. The molecule has 2 heterocycles. The lowest BCUT2D eigenvalue weighted by Gasteiger charge is -2.32. The van der Waals surface area contributed by atoms with Crippen molar-refractivity contribution in [3.63, 3.8) is 0 Å². The molecule has 2 aromatic rings. The number of methoxy groups -OCH3 is 1. The second kappa shape index (κ2) is 8.51. The van der Waals surface area contributed by atoms with Crippen LogP contribution in [0.2, 0.25) is 0 Å². The summed E-state index contributed by atoms with van der Waals surface area (Å²) in [6.07, 6.45) is 2.57. The molecular weight excluding hydrogens is 470 g/mol. The number of amides is 2. The van der Waals surface area contributed by atoms with Crippen LogP contribution in [0.4, 0.5) is 0 Å². The average Bonchev–Trinajstić information content (AvgIpc) is 3.75. The quantitative estimate of drug-likeness (QED) is 0.591. The molecule has 2 saturated carbocycles. The molecule has 0 spiro atoms. The smallest absolute Gasteiger partial charge is 0.270 e. The summed E-state index contributed by atoms with van der Waals surface area (Å²) in [5.74, 6) is -0.178. The van der Waals surface area contributed by atoms with Gasteiger partial charge in [-0.2, -0.15) is 0 Å². The first-order chi connectivity index (χ1) is 16.7. The summed E-state index contributed by atoms with van der Waals surface area (Å²) in [6, 6.07) is 8.45. The number of hydrogen-bond acceptors (Lipinski definition) is 6. The maximum Gasteiger partial charge on any atom is 0.270 e. The Morgan fingerprint density at radius 2 is 1.89 bits per heavy atom. The zero-order valence-corrected chi connectivity index (χ0v) is 20.7. The van der Waals surface area contributed by atoms with E-state index >= 15 is 0 Å². The molecule has 0 saturated heterocycles. The van der Waals surface area contributed by atoms with Crippen molar-refractivity contribution in [2.45, 2.75) is 55.7 Å². The number of fused-ring (bicyclic) bond motifs is 1. The number of aryl methyl sites for hydroxylation is 1. The number of pyridine rings is 1. The number of aromatic nitrogens is 1. The summed E-state index contributed by atoms with van der Waals surface area (Å²) in [6.45, 7) is 2.77. The maximum absolute atomic E-state index is 13.1. The largest absolute Gasteiger partial charge is 0.496 e. The zero-order chi connectivity index (χ0) is 25.0. The summed E-state index contributed by atoms with van der Waals surface area (Å²) in [4.78, 5) is 40.5. The molecule has 5 rings (SSSR count). The van der Waals surface area contributed by atoms with Gasteiger partial charge in [0.15, 0.2) is 9.84 Å². The van der Waals surface area contributed by atoms with E-state index in [4.69, 9.17) is 4.74 Å². The Morgan fingerprint density at radius 1 is 1.14 bits per heavy atom. The molecule has 2 aliphatic carbocycles. The van der Waals surface area contributed by atoms with Crippen LogP contribution in [-0.2, 0) is 22.9 Å². The number of nitrogens with one attached hydrogen (secondary N) is 1.